The van der Waals surface area contributed by atoms with Crippen molar-refractivity contribution in [1.29, 1.82) is 0 Å². The summed E-state index contributed by atoms with van der Waals surface area (Å²) in [5.41, 5.74) is 6.14. The minimum Gasteiger partial charge on any atom is -0.256 e. The van der Waals surface area contributed by atoms with Gasteiger partial charge in [-0.3, -0.25) is 4.98 Å². The zero-order valence-electron chi connectivity index (χ0n) is 10.2. The summed E-state index contributed by atoms with van der Waals surface area (Å²) in [4.78, 5) is 5.86. The molecule has 19 heavy (non-hydrogen) atoms. The molecule has 0 bridgehead atoms. The highest BCUT2D eigenvalue weighted by Gasteiger charge is 2.25. The van der Waals surface area contributed by atoms with Crippen molar-refractivity contribution in [2.75, 3.05) is 0 Å². The van der Waals surface area contributed by atoms with Crippen molar-refractivity contribution in [2.24, 2.45) is 0 Å². The van der Waals surface area contributed by atoms with E-state index < -0.39 is 0 Å². The van der Waals surface area contributed by atoms with E-state index in [0.29, 0.717) is 0 Å². The third kappa shape index (κ3) is 1.65. The van der Waals surface area contributed by atoms with Gasteiger partial charge in [-0.25, -0.2) is 0 Å². The Morgan fingerprint density at radius 3 is 2.68 bits per heavy atom. The van der Waals surface area contributed by atoms with E-state index in [1.54, 1.807) is 11.3 Å². The first-order chi connectivity index (χ1) is 9.43. The van der Waals surface area contributed by atoms with Crippen molar-refractivity contribution in [3.8, 4) is 11.3 Å². The van der Waals surface area contributed by atoms with Gasteiger partial charge in [0.05, 0.1) is 5.69 Å². The summed E-state index contributed by atoms with van der Waals surface area (Å²) in [5.74, 6) is 0. The molecule has 0 amide bonds. The second-order valence-corrected chi connectivity index (χ2v) is 5.45. The summed E-state index contributed by atoms with van der Waals surface area (Å²) < 4.78 is 0. The molecular weight excluding hydrogens is 250 g/mol. The number of pyridine rings is 1. The molecule has 0 saturated carbocycles. The molecule has 1 aliphatic carbocycles. The highest BCUT2D eigenvalue weighted by Crippen LogP contribution is 2.46. The number of rotatable bonds is 1. The van der Waals surface area contributed by atoms with E-state index in [-0.39, 0.29) is 0 Å². The van der Waals surface area contributed by atoms with E-state index in [4.69, 9.17) is 0 Å². The van der Waals surface area contributed by atoms with Crippen LogP contribution in [-0.4, -0.2) is 4.98 Å². The first kappa shape index (κ1) is 10.7. The molecule has 3 aromatic rings. The molecule has 0 aliphatic heterocycles. The van der Waals surface area contributed by atoms with Gasteiger partial charge in [-0.15, -0.1) is 11.3 Å². The SMILES string of the molecule is C(=C1\c2cccnc2-c2ccsc21)/c1ccccc1. The van der Waals surface area contributed by atoms with Crippen molar-refractivity contribution in [3.63, 3.8) is 0 Å². The number of hydrogen-bond donors (Lipinski definition) is 0. The van der Waals surface area contributed by atoms with Crippen molar-refractivity contribution < 1.29 is 0 Å². The van der Waals surface area contributed by atoms with Crippen LogP contribution in [0.4, 0.5) is 0 Å². The quantitative estimate of drug-likeness (QED) is 0.483. The Morgan fingerprint density at radius 1 is 0.895 bits per heavy atom. The van der Waals surface area contributed by atoms with Gasteiger partial charge in [-0.2, -0.15) is 0 Å². The summed E-state index contributed by atoms with van der Waals surface area (Å²) in [6.45, 7) is 0. The lowest BCUT2D eigenvalue weighted by Crippen LogP contribution is -1.83. The lowest BCUT2D eigenvalue weighted by Gasteiger charge is -2.01. The molecule has 2 heterocycles. The molecule has 1 aromatic carbocycles. The molecule has 0 spiro atoms. The third-order valence-corrected chi connectivity index (χ3v) is 4.32. The fourth-order valence-electron chi connectivity index (χ4n) is 2.52. The first-order valence-corrected chi connectivity index (χ1v) is 7.12. The van der Waals surface area contributed by atoms with E-state index in [1.165, 1.54) is 27.1 Å². The van der Waals surface area contributed by atoms with Gasteiger partial charge < -0.3 is 0 Å². The van der Waals surface area contributed by atoms with Crippen molar-refractivity contribution in [1.82, 2.24) is 4.98 Å². The minimum absolute atomic E-state index is 1.11. The van der Waals surface area contributed by atoms with Crippen LogP contribution in [0.15, 0.2) is 60.1 Å². The predicted molar refractivity (Wildman–Crippen MR) is 81.0 cm³/mol. The van der Waals surface area contributed by atoms with Gasteiger partial charge >= 0.3 is 0 Å². The van der Waals surface area contributed by atoms with Gasteiger partial charge in [0.25, 0.3) is 0 Å². The van der Waals surface area contributed by atoms with Gasteiger partial charge in [0, 0.05) is 27.8 Å². The normalized spacial score (nSPS) is 14.4. The number of hydrogen-bond acceptors (Lipinski definition) is 2. The zero-order chi connectivity index (χ0) is 12.7. The van der Waals surface area contributed by atoms with Gasteiger partial charge in [-0.1, -0.05) is 36.4 Å². The Kier molecular flexibility index (Phi) is 2.35. The molecule has 0 saturated heterocycles. The second kappa shape index (κ2) is 4.18. The van der Waals surface area contributed by atoms with Crippen LogP contribution < -0.4 is 0 Å². The van der Waals surface area contributed by atoms with Crippen LogP contribution in [0.25, 0.3) is 22.9 Å². The van der Waals surface area contributed by atoms with Crippen LogP contribution in [-0.2, 0) is 0 Å². The van der Waals surface area contributed by atoms with Crippen LogP contribution in [0.3, 0.4) is 0 Å². The molecule has 0 atom stereocenters. The fourth-order valence-corrected chi connectivity index (χ4v) is 3.45. The van der Waals surface area contributed by atoms with E-state index in [1.807, 2.05) is 18.3 Å². The Morgan fingerprint density at radius 2 is 1.79 bits per heavy atom. The van der Waals surface area contributed by atoms with Gasteiger partial charge in [0.15, 0.2) is 0 Å². The summed E-state index contributed by atoms with van der Waals surface area (Å²) in [6, 6.07) is 16.8. The molecule has 1 aliphatic rings. The average Bonchev–Trinajstić information content (AvgIpc) is 3.04. The molecule has 0 radical (unpaired) electrons. The highest BCUT2D eigenvalue weighted by atomic mass is 32.1. The maximum absolute atomic E-state index is 4.53. The van der Waals surface area contributed by atoms with Crippen LogP contribution in [0.1, 0.15) is 16.0 Å². The van der Waals surface area contributed by atoms with E-state index >= 15 is 0 Å². The Labute approximate surface area is 115 Å². The molecule has 1 nitrogen and oxygen atoms in total. The highest BCUT2D eigenvalue weighted by molar-refractivity contribution is 7.12. The second-order valence-electron chi connectivity index (χ2n) is 4.53. The van der Waals surface area contributed by atoms with Crippen LogP contribution in [0.2, 0.25) is 0 Å². The van der Waals surface area contributed by atoms with E-state index in [2.05, 4.69) is 52.8 Å². The van der Waals surface area contributed by atoms with Crippen molar-refractivity contribution in [2.45, 2.75) is 0 Å². The number of thiophene rings is 1. The standard InChI is InChI=1S/C17H11NS/c1-2-5-12(6-3-1)11-15-13-7-4-9-18-16(13)14-8-10-19-17(14)15/h1-11H/b15-11-. The van der Waals surface area contributed by atoms with Crippen LogP contribution in [0.5, 0.6) is 0 Å². The van der Waals surface area contributed by atoms with Crippen LogP contribution in [0, 0.1) is 0 Å². The Hall–Kier alpha value is -2.19. The monoisotopic (exact) mass is 261 g/mol. The summed E-state index contributed by atoms with van der Waals surface area (Å²) in [7, 11) is 0. The molecule has 4 rings (SSSR count). The number of fused-ring (bicyclic) bond motifs is 3. The maximum atomic E-state index is 4.53. The van der Waals surface area contributed by atoms with E-state index in [9.17, 15) is 0 Å². The smallest absolute Gasteiger partial charge is 0.0795 e. The molecule has 90 valence electrons. The Balaban J connectivity index is 1.97. The molecule has 2 heteroatoms. The van der Waals surface area contributed by atoms with Crippen molar-refractivity contribution >= 4 is 23.0 Å². The van der Waals surface area contributed by atoms with Gasteiger partial charge in [-0.05, 0) is 29.2 Å². The lowest BCUT2D eigenvalue weighted by atomic mass is 10.1. The summed E-state index contributed by atoms with van der Waals surface area (Å²) in [5, 5.41) is 2.14. The van der Waals surface area contributed by atoms with E-state index in [0.717, 1.165) is 5.69 Å². The molecule has 0 unspecified atom stereocenters. The molecule has 0 N–H and O–H groups in total. The van der Waals surface area contributed by atoms with Gasteiger partial charge in [0.1, 0.15) is 0 Å². The Bertz CT molecular complexity index is 769. The van der Waals surface area contributed by atoms with Crippen molar-refractivity contribution in [3.05, 3.63) is 76.1 Å². The summed E-state index contributed by atoms with van der Waals surface area (Å²) in [6.07, 6.45) is 4.12. The number of benzene rings is 1. The summed E-state index contributed by atoms with van der Waals surface area (Å²) >= 11 is 1.79. The molecule has 2 aromatic heterocycles. The largest absolute Gasteiger partial charge is 0.256 e. The number of aromatic nitrogens is 1. The predicted octanol–water partition coefficient (Wildman–Crippen LogP) is 4.71. The maximum Gasteiger partial charge on any atom is 0.0795 e. The topological polar surface area (TPSA) is 12.9 Å². The minimum atomic E-state index is 1.11. The lowest BCUT2D eigenvalue weighted by molar-refractivity contribution is 1.33. The van der Waals surface area contributed by atoms with Crippen LogP contribution >= 0.6 is 11.3 Å². The molecular formula is C17H11NS. The number of nitrogens with zero attached hydrogens (tertiary/aromatic N) is 1. The molecule has 0 fully saturated rings. The average molecular weight is 261 g/mol. The zero-order valence-corrected chi connectivity index (χ0v) is 11.0. The first-order valence-electron chi connectivity index (χ1n) is 6.24. The van der Waals surface area contributed by atoms with Gasteiger partial charge in [0.2, 0.25) is 0 Å². The fraction of sp³-hybridized carbons (Fsp3) is 0. The third-order valence-electron chi connectivity index (χ3n) is 3.37.